The number of hydrogen-bond donors (Lipinski definition) is 1. The summed E-state index contributed by atoms with van der Waals surface area (Å²) >= 11 is 0. The molecule has 2 rings (SSSR count). The molecule has 0 saturated carbocycles. The number of piperidine rings is 1. The van der Waals surface area contributed by atoms with Gasteiger partial charge in [-0.25, -0.2) is 0 Å². The Labute approximate surface area is 106 Å². The van der Waals surface area contributed by atoms with Crippen molar-refractivity contribution < 1.29 is 4.74 Å². The van der Waals surface area contributed by atoms with Gasteiger partial charge < -0.3 is 15.0 Å². The SMILES string of the molecule is CN1CCC(CCNCC2CCOCC2)CC1. The third-order valence-corrected chi connectivity index (χ3v) is 4.34. The summed E-state index contributed by atoms with van der Waals surface area (Å²) in [7, 11) is 2.24. The molecule has 0 bridgehead atoms. The first-order chi connectivity index (χ1) is 8.34. The summed E-state index contributed by atoms with van der Waals surface area (Å²) in [5.41, 5.74) is 0. The van der Waals surface area contributed by atoms with Crippen LogP contribution in [0, 0.1) is 11.8 Å². The molecule has 0 radical (unpaired) electrons. The Bertz CT molecular complexity index is 196. The van der Waals surface area contributed by atoms with Crippen molar-refractivity contribution in [3.63, 3.8) is 0 Å². The highest BCUT2D eigenvalue weighted by Gasteiger charge is 2.16. The van der Waals surface area contributed by atoms with E-state index in [1.54, 1.807) is 0 Å². The predicted octanol–water partition coefficient (Wildman–Crippen LogP) is 1.73. The fraction of sp³-hybridized carbons (Fsp3) is 1.00. The number of nitrogens with one attached hydrogen (secondary N) is 1. The van der Waals surface area contributed by atoms with Gasteiger partial charge in [-0.2, -0.15) is 0 Å². The maximum Gasteiger partial charge on any atom is 0.0469 e. The fourth-order valence-corrected chi connectivity index (χ4v) is 2.91. The molecule has 0 aromatic carbocycles. The molecule has 0 atom stereocenters. The fourth-order valence-electron chi connectivity index (χ4n) is 2.91. The van der Waals surface area contributed by atoms with Gasteiger partial charge in [-0.1, -0.05) is 0 Å². The quantitative estimate of drug-likeness (QED) is 0.741. The average molecular weight is 240 g/mol. The summed E-state index contributed by atoms with van der Waals surface area (Å²) in [5.74, 6) is 1.83. The zero-order chi connectivity index (χ0) is 11.9. The van der Waals surface area contributed by atoms with Gasteiger partial charge in [-0.3, -0.25) is 0 Å². The van der Waals surface area contributed by atoms with E-state index < -0.39 is 0 Å². The normalized spacial score (nSPS) is 25.2. The topological polar surface area (TPSA) is 24.5 Å². The highest BCUT2D eigenvalue weighted by Crippen LogP contribution is 2.19. The van der Waals surface area contributed by atoms with Crippen LogP contribution >= 0.6 is 0 Å². The van der Waals surface area contributed by atoms with E-state index in [0.29, 0.717) is 0 Å². The van der Waals surface area contributed by atoms with E-state index in [1.165, 1.54) is 58.3 Å². The molecular weight excluding hydrogens is 212 g/mol. The van der Waals surface area contributed by atoms with Crippen LogP contribution in [0.3, 0.4) is 0 Å². The lowest BCUT2D eigenvalue weighted by atomic mass is 9.93. The number of rotatable bonds is 5. The van der Waals surface area contributed by atoms with Gasteiger partial charge in [0.25, 0.3) is 0 Å². The molecule has 2 aliphatic rings. The van der Waals surface area contributed by atoms with E-state index in [2.05, 4.69) is 17.3 Å². The summed E-state index contributed by atoms with van der Waals surface area (Å²) in [6, 6.07) is 0. The molecule has 2 aliphatic heterocycles. The van der Waals surface area contributed by atoms with E-state index in [-0.39, 0.29) is 0 Å². The number of hydrogen-bond acceptors (Lipinski definition) is 3. The predicted molar refractivity (Wildman–Crippen MR) is 71.3 cm³/mol. The third-order valence-electron chi connectivity index (χ3n) is 4.34. The van der Waals surface area contributed by atoms with Gasteiger partial charge in [0.05, 0.1) is 0 Å². The molecule has 2 heterocycles. The molecule has 2 fully saturated rings. The van der Waals surface area contributed by atoms with Crippen LogP contribution in [0.2, 0.25) is 0 Å². The Kier molecular flexibility index (Phi) is 5.75. The van der Waals surface area contributed by atoms with Gasteiger partial charge >= 0.3 is 0 Å². The minimum absolute atomic E-state index is 0.862. The lowest BCUT2D eigenvalue weighted by Gasteiger charge is -2.29. The van der Waals surface area contributed by atoms with E-state index in [1.807, 2.05) is 0 Å². The first-order valence-corrected chi connectivity index (χ1v) is 7.31. The minimum Gasteiger partial charge on any atom is -0.381 e. The molecule has 0 unspecified atom stereocenters. The Morgan fingerprint density at radius 1 is 1.06 bits per heavy atom. The van der Waals surface area contributed by atoms with Crippen LogP contribution in [0.4, 0.5) is 0 Å². The number of nitrogens with zero attached hydrogens (tertiary/aromatic N) is 1. The van der Waals surface area contributed by atoms with Crippen LogP contribution in [-0.2, 0) is 4.74 Å². The summed E-state index contributed by atoms with van der Waals surface area (Å²) in [6.45, 7) is 6.96. The van der Waals surface area contributed by atoms with Crippen molar-refractivity contribution in [2.45, 2.75) is 32.1 Å². The molecule has 100 valence electrons. The summed E-state index contributed by atoms with van der Waals surface area (Å²) in [4.78, 5) is 2.45. The number of ether oxygens (including phenoxy) is 1. The maximum absolute atomic E-state index is 5.38. The van der Waals surface area contributed by atoms with Gasteiger partial charge in [0.15, 0.2) is 0 Å². The second kappa shape index (κ2) is 7.34. The van der Waals surface area contributed by atoms with Crippen LogP contribution in [0.1, 0.15) is 32.1 Å². The Morgan fingerprint density at radius 2 is 1.76 bits per heavy atom. The van der Waals surface area contributed by atoms with Crippen LogP contribution in [-0.4, -0.2) is 51.3 Å². The Balaban J connectivity index is 1.48. The van der Waals surface area contributed by atoms with Crippen molar-refractivity contribution in [1.29, 1.82) is 0 Å². The molecule has 3 nitrogen and oxygen atoms in total. The van der Waals surface area contributed by atoms with Crippen LogP contribution in [0.5, 0.6) is 0 Å². The first kappa shape index (κ1) is 13.3. The van der Waals surface area contributed by atoms with Crippen LogP contribution in [0.25, 0.3) is 0 Å². The van der Waals surface area contributed by atoms with Gasteiger partial charge in [0.1, 0.15) is 0 Å². The van der Waals surface area contributed by atoms with E-state index in [4.69, 9.17) is 4.74 Å². The minimum atomic E-state index is 0.862. The van der Waals surface area contributed by atoms with Crippen molar-refractivity contribution in [3.05, 3.63) is 0 Å². The summed E-state index contributed by atoms with van der Waals surface area (Å²) in [5, 5.41) is 3.64. The third kappa shape index (κ3) is 4.94. The molecule has 0 aromatic heterocycles. The monoisotopic (exact) mass is 240 g/mol. The van der Waals surface area contributed by atoms with E-state index >= 15 is 0 Å². The molecule has 3 heteroatoms. The van der Waals surface area contributed by atoms with Gasteiger partial charge in [-0.05, 0) is 77.2 Å². The van der Waals surface area contributed by atoms with Crippen molar-refractivity contribution in [1.82, 2.24) is 10.2 Å². The molecule has 1 N–H and O–H groups in total. The highest BCUT2D eigenvalue weighted by molar-refractivity contribution is 4.72. The zero-order valence-corrected chi connectivity index (χ0v) is 11.3. The highest BCUT2D eigenvalue weighted by atomic mass is 16.5. The molecule has 0 spiro atoms. The molecule has 0 amide bonds. The Hall–Kier alpha value is -0.120. The van der Waals surface area contributed by atoms with Gasteiger partial charge in [-0.15, -0.1) is 0 Å². The smallest absolute Gasteiger partial charge is 0.0469 e. The summed E-state index contributed by atoms with van der Waals surface area (Å²) in [6.07, 6.45) is 6.67. The van der Waals surface area contributed by atoms with E-state index in [0.717, 1.165) is 25.0 Å². The van der Waals surface area contributed by atoms with Crippen LogP contribution in [0.15, 0.2) is 0 Å². The second-order valence-electron chi connectivity index (χ2n) is 5.80. The van der Waals surface area contributed by atoms with Crippen LogP contribution < -0.4 is 5.32 Å². The standard InChI is InChI=1S/C14H28N2O/c1-16-8-3-13(4-9-16)2-7-15-12-14-5-10-17-11-6-14/h13-15H,2-12H2,1H3. The average Bonchev–Trinajstić information content (AvgIpc) is 2.38. The molecule has 0 aliphatic carbocycles. The Morgan fingerprint density at radius 3 is 2.47 bits per heavy atom. The van der Waals surface area contributed by atoms with Crippen molar-refractivity contribution in [2.75, 3.05) is 46.4 Å². The second-order valence-corrected chi connectivity index (χ2v) is 5.80. The lowest BCUT2D eigenvalue weighted by Crippen LogP contribution is -2.33. The number of likely N-dealkylation sites (tertiary alicyclic amines) is 1. The van der Waals surface area contributed by atoms with Crippen molar-refractivity contribution in [2.24, 2.45) is 11.8 Å². The summed E-state index contributed by atoms with van der Waals surface area (Å²) < 4.78 is 5.38. The maximum atomic E-state index is 5.38. The molecule has 2 saturated heterocycles. The van der Waals surface area contributed by atoms with E-state index in [9.17, 15) is 0 Å². The van der Waals surface area contributed by atoms with Crippen molar-refractivity contribution >= 4 is 0 Å². The largest absolute Gasteiger partial charge is 0.381 e. The first-order valence-electron chi connectivity index (χ1n) is 7.31. The lowest BCUT2D eigenvalue weighted by molar-refractivity contribution is 0.0662. The van der Waals surface area contributed by atoms with Crippen molar-refractivity contribution in [3.8, 4) is 0 Å². The van der Waals surface area contributed by atoms with Gasteiger partial charge in [0.2, 0.25) is 0 Å². The molecular formula is C14H28N2O. The zero-order valence-electron chi connectivity index (χ0n) is 11.3. The molecule has 0 aromatic rings. The molecule has 17 heavy (non-hydrogen) atoms. The van der Waals surface area contributed by atoms with Gasteiger partial charge in [0, 0.05) is 13.2 Å².